The van der Waals surface area contributed by atoms with Crippen molar-refractivity contribution in [2.45, 2.75) is 13.0 Å². The fourth-order valence-corrected chi connectivity index (χ4v) is 0.503. The fourth-order valence-electron chi connectivity index (χ4n) is 0.503. The Hall–Kier alpha value is -0.730. The van der Waals surface area contributed by atoms with E-state index < -0.39 is 0 Å². The second kappa shape index (κ2) is 2.55. The van der Waals surface area contributed by atoms with Crippen LogP contribution in [0.15, 0.2) is 12.5 Å². The molecule has 0 spiro atoms. The van der Waals surface area contributed by atoms with Crippen molar-refractivity contribution in [3.63, 3.8) is 0 Å². The van der Waals surface area contributed by atoms with Crippen LogP contribution in [0, 0.1) is 0 Å². The quantitative estimate of drug-likeness (QED) is 0.475. The van der Waals surface area contributed by atoms with Crippen LogP contribution in [0.5, 0.6) is 0 Å². The van der Waals surface area contributed by atoms with Crippen LogP contribution in [-0.2, 0) is 9.47 Å². The number of hydrogen-bond acceptors (Lipinski definition) is 2. The Balaban J connectivity index is 0.000000490. The van der Waals surface area contributed by atoms with Crippen molar-refractivity contribution in [2.24, 2.45) is 0 Å². The van der Waals surface area contributed by atoms with Crippen molar-refractivity contribution >= 4 is 0 Å². The molecule has 1 aliphatic rings. The molecule has 0 aliphatic carbocycles. The third-order valence-electron chi connectivity index (χ3n) is 0.812. The van der Waals surface area contributed by atoms with E-state index in [1.165, 1.54) is 0 Å². The Bertz CT molecular complexity index is 92.4. The van der Waals surface area contributed by atoms with Crippen LogP contribution in [-0.4, -0.2) is 12.7 Å². The molecule has 1 rings (SSSR count). The zero-order chi connectivity index (χ0) is 5.28. The van der Waals surface area contributed by atoms with Crippen LogP contribution in [0.3, 0.4) is 0 Å². The summed E-state index contributed by atoms with van der Waals surface area (Å²) in [5.41, 5.74) is 0. The molecule has 1 saturated heterocycles. The number of ether oxygens (including phenoxy) is 2. The molecule has 48 valence electrons. The van der Waals surface area contributed by atoms with Crippen molar-refractivity contribution in [1.82, 2.24) is 0 Å². The van der Waals surface area contributed by atoms with Gasteiger partial charge in [-0.2, -0.15) is 0 Å². The molecule has 0 aromatic carbocycles. The molecule has 0 radical (unpaired) electrons. The van der Waals surface area contributed by atoms with E-state index in [-0.39, 0.29) is 10.8 Å². The van der Waals surface area contributed by atoms with Crippen molar-refractivity contribution in [3.8, 4) is 0 Å². The topological polar surface area (TPSA) is 18.5 Å². The van der Waals surface area contributed by atoms with E-state index in [4.69, 9.17) is 9.47 Å². The number of rotatable bonds is 0. The molecule has 1 aliphatic heterocycles. The smallest absolute Gasteiger partial charge is 0.272 e. The lowest BCUT2D eigenvalue weighted by Gasteiger charge is -1.93. The van der Waals surface area contributed by atoms with E-state index in [1.54, 1.807) is 0 Å². The minimum atomic E-state index is 0. The highest BCUT2D eigenvalue weighted by molar-refractivity contribution is 4.76. The Morgan fingerprint density at radius 1 is 1.75 bits per heavy atom. The standard InChI is InChI=1S/C5H8O2.FH/c1-4-3-6-5(2)7-4;/h4H,2-3H2,1H3;1H. The summed E-state index contributed by atoms with van der Waals surface area (Å²) >= 11 is 0. The van der Waals surface area contributed by atoms with Gasteiger partial charge in [-0.25, -0.2) is 0 Å². The Labute approximate surface area is 47.5 Å². The minimum Gasteiger partial charge on any atom is -0.462 e. The molecule has 3 heteroatoms. The summed E-state index contributed by atoms with van der Waals surface area (Å²) in [6.07, 6.45) is 0.201. The molecule has 1 unspecified atom stereocenters. The van der Waals surface area contributed by atoms with Crippen molar-refractivity contribution in [1.29, 1.82) is 0 Å². The first-order chi connectivity index (χ1) is 3.29. The molecule has 2 nitrogen and oxygen atoms in total. The third-order valence-corrected chi connectivity index (χ3v) is 0.812. The molecular weight excluding hydrogens is 111 g/mol. The van der Waals surface area contributed by atoms with Gasteiger partial charge < -0.3 is 9.47 Å². The van der Waals surface area contributed by atoms with E-state index in [9.17, 15) is 0 Å². The first kappa shape index (κ1) is 7.27. The summed E-state index contributed by atoms with van der Waals surface area (Å²) in [4.78, 5) is 0. The molecule has 0 aromatic rings. The van der Waals surface area contributed by atoms with Crippen LogP contribution >= 0.6 is 0 Å². The van der Waals surface area contributed by atoms with Gasteiger partial charge in [-0.05, 0) is 13.5 Å². The average Bonchev–Trinajstić information content (AvgIpc) is 1.87. The van der Waals surface area contributed by atoms with Crippen LogP contribution in [0.25, 0.3) is 0 Å². The van der Waals surface area contributed by atoms with Crippen LogP contribution in [0.2, 0.25) is 0 Å². The Morgan fingerprint density at radius 2 is 2.38 bits per heavy atom. The summed E-state index contributed by atoms with van der Waals surface area (Å²) in [7, 11) is 0. The molecule has 0 saturated carbocycles. The zero-order valence-electron chi connectivity index (χ0n) is 4.72. The van der Waals surface area contributed by atoms with Gasteiger partial charge in [-0.3, -0.25) is 4.70 Å². The Morgan fingerprint density at radius 3 is 2.50 bits per heavy atom. The summed E-state index contributed by atoms with van der Waals surface area (Å²) in [6.45, 7) is 6.05. The average molecular weight is 120 g/mol. The number of hydrogen-bond donors (Lipinski definition) is 0. The van der Waals surface area contributed by atoms with Gasteiger partial charge in [0.15, 0.2) is 0 Å². The van der Waals surface area contributed by atoms with Gasteiger partial charge in [0.2, 0.25) is 0 Å². The van der Waals surface area contributed by atoms with E-state index in [0.29, 0.717) is 12.6 Å². The second-order valence-corrected chi connectivity index (χ2v) is 1.61. The highest BCUT2D eigenvalue weighted by Crippen LogP contribution is 2.10. The molecule has 0 N–H and O–H groups in total. The molecule has 8 heavy (non-hydrogen) atoms. The molecule has 1 heterocycles. The highest BCUT2D eigenvalue weighted by atomic mass is 19.0. The fraction of sp³-hybridized carbons (Fsp3) is 0.600. The largest absolute Gasteiger partial charge is 0.462 e. The molecular formula is C5H9FO2. The predicted molar refractivity (Wildman–Crippen MR) is 28.1 cm³/mol. The van der Waals surface area contributed by atoms with E-state index in [2.05, 4.69) is 6.58 Å². The molecule has 0 aromatic heterocycles. The number of halogens is 1. The lowest BCUT2D eigenvalue weighted by Crippen LogP contribution is -1.99. The lowest BCUT2D eigenvalue weighted by atomic mass is 10.5. The molecule has 1 fully saturated rings. The first-order valence-corrected chi connectivity index (χ1v) is 2.27. The third kappa shape index (κ3) is 1.40. The molecule has 0 amide bonds. The minimum absolute atomic E-state index is 0. The van der Waals surface area contributed by atoms with Gasteiger partial charge in [0.1, 0.15) is 12.7 Å². The maximum Gasteiger partial charge on any atom is 0.272 e. The van der Waals surface area contributed by atoms with Gasteiger partial charge in [0.25, 0.3) is 5.95 Å². The van der Waals surface area contributed by atoms with Gasteiger partial charge in [0.05, 0.1) is 0 Å². The maximum absolute atomic E-state index is 4.94. The maximum atomic E-state index is 4.94. The van der Waals surface area contributed by atoms with Gasteiger partial charge in [0, 0.05) is 0 Å². The second-order valence-electron chi connectivity index (χ2n) is 1.61. The summed E-state index contributed by atoms with van der Waals surface area (Å²) in [6, 6.07) is 0. The van der Waals surface area contributed by atoms with Crippen LogP contribution < -0.4 is 0 Å². The van der Waals surface area contributed by atoms with E-state index >= 15 is 0 Å². The highest BCUT2D eigenvalue weighted by Gasteiger charge is 2.13. The molecule has 1 atom stereocenters. The molecule has 0 bridgehead atoms. The summed E-state index contributed by atoms with van der Waals surface area (Å²) in [5.74, 6) is 0.451. The summed E-state index contributed by atoms with van der Waals surface area (Å²) in [5, 5.41) is 0. The SMILES string of the molecule is C=C1OCC(C)O1.F. The van der Waals surface area contributed by atoms with Crippen LogP contribution in [0.1, 0.15) is 6.92 Å². The van der Waals surface area contributed by atoms with E-state index in [1.807, 2.05) is 6.92 Å². The van der Waals surface area contributed by atoms with Gasteiger partial charge in [-0.15, -0.1) is 0 Å². The summed E-state index contributed by atoms with van der Waals surface area (Å²) < 4.78 is 9.79. The van der Waals surface area contributed by atoms with Crippen molar-refractivity contribution in [3.05, 3.63) is 12.5 Å². The first-order valence-electron chi connectivity index (χ1n) is 2.27. The van der Waals surface area contributed by atoms with Crippen LogP contribution in [0.4, 0.5) is 4.70 Å². The lowest BCUT2D eigenvalue weighted by molar-refractivity contribution is 0.152. The normalized spacial score (nSPS) is 25.6. The van der Waals surface area contributed by atoms with Crippen molar-refractivity contribution < 1.29 is 14.2 Å². The van der Waals surface area contributed by atoms with Gasteiger partial charge in [-0.1, -0.05) is 0 Å². The van der Waals surface area contributed by atoms with Gasteiger partial charge >= 0.3 is 0 Å². The van der Waals surface area contributed by atoms with E-state index in [0.717, 1.165) is 0 Å². The van der Waals surface area contributed by atoms with Crippen molar-refractivity contribution in [2.75, 3.05) is 6.61 Å². The zero-order valence-corrected chi connectivity index (χ0v) is 4.72. The predicted octanol–water partition coefficient (Wildman–Crippen LogP) is 1.05. The Kier molecular flexibility index (Phi) is 2.31. The monoisotopic (exact) mass is 120 g/mol.